The number of anilines is 1. The van der Waals surface area contributed by atoms with Crippen LogP contribution in [0.25, 0.3) is 0 Å². The lowest BCUT2D eigenvalue weighted by molar-refractivity contribution is -0.138. The van der Waals surface area contributed by atoms with Crippen molar-refractivity contribution < 1.29 is 14.3 Å². The maximum absolute atomic E-state index is 12.6. The van der Waals surface area contributed by atoms with Gasteiger partial charge in [-0.05, 0) is 23.6 Å². The molecule has 2 fully saturated rings. The summed E-state index contributed by atoms with van der Waals surface area (Å²) in [6.07, 6.45) is 0.593. The Balaban J connectivity index is 1.26. The van der Waals surface area contributed by atoms with Crippen molar-refractivity contribution in [3.63, 3.8) is 0 Å². The molecule has 0 N–H and O–H groups in total. The number of para-hydroxylation sites is 2. The third kappa shape index (κ3) is 5.10. The van der Waals surface area contributed by atoms with Crippen LogP contribution < -0.4 is 9.64 Å². The molecule has 1 unspecified atom stereocenters. The van der Waals surface area contributed by atoms with Crippen molar-refractivity contribution in [3.05, 3.63) is 46.7 Å². The lowest BCUT2D eigenvalue weighted by atomic mass is 10.2. The highest BCUT2D eigenvalue weighted by atomic mass is 32.1. The maximum atomic E-state index is 12.6. The molecule has 6 nitrogen and oxygen atoms in total. The van der Waals surface area contributed by atoms with E-state index in [-0.39, 0.29) is 12.0 Å². The molecule has 7 heteroatoms. The van der Waals surface area contributed by atoms with Crippen LogP contribution in [0.15, 0.2) is 41.8 Å². The molecule has 0 spiro atoms. The van der Waals surface area contributed by atoms with E-state index in [2.05, 4.69) is 21.9 Å². The lowest BCUT2D eigenvalue weighted by Gasteiger charge is -2.40. The van der Waals surface area contributed by atoms with Crippen LogP contribution in [0.5, 0.6) is 5.75 Å². The number of ether oxygens (including phenoxy) is 2. The zero-order valence-electron chi connectivity index (χ0n) is 17.0. The van der Waals surface area contributed by atoms with Crippen LogP contribution >= 0.6 is 11.3 Å². The van der Waals surface area contributed by atoms with E-state index < -0.39 is 0 Å². The van der Waals surface area contributed by atoms with Gasteiger partial charge >= 0.3 is 0 Å². The summed E-state index contributed by atoms with van der Waals surface area (Å²) in [4.78, 5) is 20.5. The quantitative estimate of drug-likeness (QED) is 0.725. The fourth-order valence-corrected chi connectivity index (χ4v) is 4.78. The lowest BCUT2D eigenvalue weighted by Crippen LogP contribution is -2.53. The van der Waals surface area contributed by atoms with Gasteiger partial charge in [-0.25, -0.2) is 0 Å². The number of piperazine rings is 1. The minimum absolute atomic E-state index is 0.0915. The topological polar surface area (TPSA) is 45.2 Å². The predicted octanol–water partition coefficient (Wildman–Crippen LogP) is 2.35. The molecule has 0 aliphatic carbocycles. The molecule has 2 aliphatic rings. The van der Waals surface area contributed by atoms with Gasteiger partial charge in [0.25, 0.3) is 0 Å². The molecule has 1 atom stereocenters. The zero-order chi connectivity index (χ0) is 20.1. The molecule has 2 aliphatic heterocycles. The number of benzene rings is 1. The molecule has 2 aromatic rings. The molecule has 156 valence electrons. The van der Waals surface area contributed by atoms with Crippen molar-refractivity contribution in [1.29, 1.82) is 0 Å². The van der Waals surface area contributed by atoms with Crippen LogP contribution in [0, 0.1) is 0 Å². The number of rotatable bonds is 6. The second-order valence-corrected chi connectivity index (χ2v) is 8.58. The summed E-state index contributed by atoms with van der Waals surface area (Å²) in [6, 6.07) is 12.2. The Morgan fingerprint density at radius 2 is 1.97 bits per heavy atom. The standard InChI is InChI=1S/C22H29N3O3S/c1-27-21-7-3-2-6-20(21)24-10-8-23(9-11-24)16-18-17-25(12-13-28-18)22(26)15-19-5-4-14-29-19/h2-7,14,18H,8-13,15-17H2,1H3. The van der Waals surface area contributed by atoms with Crippen molar-refractivity contribution in [2.45, 2.75) is 12.5 Å². The fraction of sp³-hybridized carbons (Fsp3) is 0.500. The molecule has 1 aromatic carbocycles. The summed E-state index contributed by atoms with van der Waals surface area (Å²) in [5.74, 6) is 1.14. The Labute approximate surface area is 176 Å². The van der Waals surface area contributed by atoms with Crippen molar-refractivity contribution in [2.75, 3.05) is 64.4 Å². The number of carbonyl (C=O) groups excluding carboxylic acids is 1. The van der Waals surface area contributed by atoms with E-state index >= 15 is 0 Å². The first-order valence-corrected chi connectivity index (χ1v) is 11.1. The van der Waals surface area contributed by atoms with E-state index in [0.29, 0.717) is 26.1 Å². The maximum Gasteiger partial charge on any atom is 0.227 e. The highest BCUT2D eigenvalue weighted by Crippen LogP contribution is 2.28. The number of morpholine rings is 1. The van der Waals surface area contributed by atoms with Gasteiger partial charge in [0.05, 0.1) is 31.9 Å². The number of amides is 1. The first-order valence-electron chi connectivity index (χ1n) is 10.2. The number of nitrogens with zero attached hydrogens (tertiary/aromatic N) is 3. The number of carbonyl (C=O) groups is 1. The Morgan fingerprint density at radius 1 is 1.14 bits per heavy atom. The van der Waals surface area contributed by atoms with Crippen molar-refractivity contribution in [1.82, 2.24) is 9.80 Å². The fourth-order valence-electron chi connectivity index (χ4n) is 4.08. The molecule has 3 heterocycles. The predicted molar refractivity (Wildman–Crippen MR) is 116 cm³/mol. The first-order chi connectivity index (χ1) is 14.2. The smallest absolute Gasteiger partial charge is 0.227 e. The van der Waals surface area contributed by atoms with Crippen LogP contribution in [0.1, 0.15) is 4.88 Å². The van der Waals surface area contributed by atoms with Crippen LogP contribution in [0.4, 0.5) is 5.69 Å². The van der Waals surface area contributed by atoms with E-state index in [1.807, 2.05) is 34.5 Å². The zero-order valence-corrected chi connectivity index (χ0v) is 17.8. The van der Waals surface area contributed by atoms with Crippen LogP contribution in [0.2, 0.25) is 0 Å². The van der Waals surface area contributed by atoms with Gasteiger partial charge in [-0.2, -0.15) is 0 Å². The SMILES string of the molecule is COc1ccccc1N1CCN(CC2CN(C(=O)Cc3cccs3)CCO2)CC1. The number of thiophene rings is 1. The van der Waals surface area contributed by atoms with Gasteiger partial charge in [-0.15, -0.1) is 11.3 Å². The molecule has 0 radical (unpaired) electrons. The largest absolute Gasteiger partial charge is 0.495 e. The molecular formula is C22H29N3O3S. The molecule has 0 saturated carbocycles. The van der Waals surface area contributed by atoms with Gasteiger partial charge in [-0.1, -0.05) is 18.2 Å². The minimum Gasteiger partial charge on any atom is -0.495 e. The first kappa shape index (κ1) is 20.2. The van der Waals surface area contributed by atoms with Gasteiger partial charge in [0.1, 0.15) is 5.75 Å². The van der Waals surface area contributed by atoms with Crippen LogP contribution in [-0.2, 0) is 16.0 Å². The molecular weight excluding hydrogens is 386 g/mol. The van der Waals surface area contributed by atoms with Gasteiger partial charge in [-0.3, -0.25) is 9.69 Å². The third-order valence-corrected chi connectivity index (χ3v) is 6.53. The molecule has 2 saturated heterocycles. The second-order valence-electron chi connectivity index (χ2n) is 7.55. The summed E-state index contributed by atoms with van der Waals surface area (Å²) in [7, 11) is 1.72. The van der Waals surface area contributed by atoms with E-state index in [0.717, 1.165) is 49.0 Å². The monoisotopic (exact) mass is 415 g/mol. The summed E-state index contributed by atoms with van der Waals surface area (Å²) >= 11 is 1.64. The van der Waals surface area contributed by atoms with Crippen molar-refractivity contribution >= 4 is 22.9 Å². The van der Waals surface area contributed by atoms with Crippen molar-refractivity contribution in [2.24, 2.45) is 0 Å². The Morgan fingerprint density at radius 3 is 2.72 bits per heavy atom. The Bertz CT molecular complexity index is 790. The van der Waals surface area contributed by atoms with Gasteiger partial charge in [0.15, 0.2) is 0 Å². The molecule has 4 rings (SSSR count). The van der Waals surface area contributed by atoms with Gasteiger partial charge in [0, 0.05) is 50.7 Å². The average molecular weight is 416 g/mol. The summed E-state index contributed by atoms with van der Waals surface area (Å²) in [5.41, 5.74) is 1.16. The van der Waals surface area contributed by atoms with Crippen LogP contribution in [-0.4, -0.2) is 81.3 Å². The Hall–Kier alpha value is -2.09. The summed E-state index contributed by atoms with van der Waals surface area (Å²) < 4.78 is 11.5. The van der Waals surface area contributed by atoms with E-state index in [1.54, 1.807) is 18.4 Å². The molecule has 1 aromatic heterocycles. The number of hydrogen-bond acceptors (Lipinski definition) is 6. The van der Waals surface area contributed by atoms with Crippen LogP contribution in [0.3, 0.4) is 0 Å². The number of methoxy groups -OCH3 is 1. The highest BCUT2D eigenvalue weighted by molar-refractivity contribution is 7.10. The normalized spacial score (nSPS) is 20.7. The summed E-state index contributed by atoms with van der Waals surface area (Å²) in [6.45, 7) is 6.80. The summed E-state index contributed by atoms with van der Waals surface area (Å²) in [5, 5.41) is 2.02. The number of hydrogen-bond donors (Lipinski definition) is 0. The van der Waals surface area contributed by atoms with Gasteiger partial charge in [0.2, 0.25) is 5.91 Å². The highest BCUT2D eigenvalue weighted by Gasteiger charge is 2.27. The molecule has 29 heavy (non-hydrogen) atoms. The molecule has 0 bridgehead atoms. The van der Waals surface area contributed by atoms with E-state index in [4.69, 9.17) is 9.47 Å². The average Bonchev–Trinajstić information content (AvgIpc) is 3.27. The van der Waals surface area contributed by atoms with Gasteiger partial charge < -0.3 is 19.3 Å². The Kier molecular flexibility index (Phi) is 6.69. The van der Waals surface area contributed by atoms with Crippen molar-refractivity contribution in [3.8, 4) is 5.75 Å². The second kappa shape index (κ2) is 9.61. The van der Waals surface area contributed by atoms with E-state index in [9.17, 15) is 4.79 Å². The third-order valence-electron chi connectivity index (χ3n) is 5.66. The molecule has 1 amide bonds. The van der Waals surface area contributed by atoms with E-state index in [1.165, 1.54) is 0 Å². The minimum atomic E-state index is 0.0915.